The van der Waals surface area contributed by atoms with Crippen molar-refractivity contribution in [2.45, 2.75) is 32.6 Å². The second-order valence-electron chi connectivity index (χ2n) is 3.93. The third-order valence-corrected chi connectivity index (χ3v) is 4.20. The van der Waals surface area contributed by atoms with E-state index in [1.165, 1.54) is 36.4 Å². The molecule has 0 aliphatic carbocycles. The quantitative estimate of drug-likeness (QED) is 0.726. The number of hydrogen-bond acceptors (Lipinski definition) is 2. The smallest absolute Gasteiger partial charge is 0.00944 e. The molecule has 1 nitrogen and oxygen atoms in total. The van der Waals surface area contributed by atoms with Gasteiger partial charge in [0.25, 0.3) is 0 Å². The van der Waals surface area contributed by atoms with E-state index >= 15 is 0 Å². The first kappa shape index (κ1) is 9.22. The van der Waals surface area contributed by atoms with Gasteiger partial charge in [-0.05, 0) is 44.9 Å². The standard InChI is InChI=1S/C11H17NS/c1-8-6-11(13-9(8)2)10-4-3-5-12-7-10/h6,10,12H,3-5,7H2,1-2H3. The molecule has 1 aliphatic rings. The molecule has 1 saturated heterocycles. The molecule has 1 aromatic rings. The molecular formula is C11H17NS. The van der Waals surface area contributed by atoms with E-state index in [1.807, 2.05) is 11.3 Å². The summed E-state index contributed by atoms with van der Waals surface area (Å²) in [4.78, 5) is 3.07. The molecule has 72 valence electrons. The number of nitrogens with one attached hydrogen (secondary N) is 1. The third-order valence-electron chi connectivity index (χ3n) is 2.88. The van der Waals surface area contributed by atoms with Crippen LogP contribution < -0.4 is 5.32 Å². The van der Waals surface area contributed by atoms with Gasteiger partial charge in [0.1, 0.15) is 0 Å². The Hall–Kier alpha value is -0.340. The van der Waals surface area contributed by atoms with E-state index < -0.39 is 0 Å². The Bertz CT molecular complexity index is 265. The molecule has 1 aliphatic heterocycles. The normalized spacial score (nSPS) is 23.4. The lowest BCUT2D eigenvalue weighted by atomic mass is 9.98. The Kier molecular flexibility index (Phi) is 2.70. The van der Waals surface area contributed by atoms with Gasteiger partial charge < -0.3 is 5.32 Å². The maximum Gasteiger partial charge on any atom is 0.00944 e. The van der Waals surface area contributed by atoms with Gasteiger partial charge in [0, 0.05) is 22.2 Å². The Morgan fingerprint density at radius 1 is 1.46 bits per heavy atom. The summed E-state index contributed by atoms with van der Waals surface area (Å²) in [6.45, 7) is 6.82. The summed E-state index contributed by atoms with van der Waals surface area (Å²) in [6.07, 6.45) is 2.70. The topological polar surface area (TPSA) is 12.0 Å². The van der Waals surface area contributed by atoms with E-state index in [4.69, 9.17) is 0 Å². The van der Waals surface area contributed by atoms with Crippen LogP contribution in [0, 0.1) is 13.8 Å². The maximum absolute atomic E-state index is 3.47. The number of piperidine rings is 1. The van der Waals surface area contributed by atoms with E-state index in [0.717, 1.165) is 5.92 Å². The number of rotatable bonds is 1. The molecule has 2 heterocycles. The van der Waals surface area contributed by atoms with Crippen molar-refractivity contribution in [2.75, 3.05) is 13.1 Å². The van der Waals surface area contributed by atoms with Crippen LogP contribution in [0.4, 0.5) is 0 Å². The largest absolute Gasteiger partial charge is 0.316 e. The molecular weight excluding hydrogens is 178 g/mol. The van der Waals surface area contributed by atoms with Crippen molar-refractivity contribution in [1.82, 2.24) is 5.32 Å². The molecule has 13 heavy (non-hydrogen) atoms. The molecule has 1 unspecified atom stereocenters. The van der Waals surface area contributed by atoms with Crippen LogP contribution in [-0.2, 0) is 0 Å². The second-order valence-corrected chi connectivity index (χ2v) is 5.22. The Morgan fingerprint density at radius 2 is 2.31 bits per heavy atom. The van der Waals surface area contributed by atoms with Gasteiger partial charge in [0.2, 0.25) is 0 Å². The summed E-state index contributed by atoms with van der Waals surface area (Å²) in [7, 11) is 0. The molecule has 0 bridgehead atoms. The highest BCUT2D eigenvalue weighted by atomic mass is 32.1. The highest BCUT2D eigenvalue weighted by molar-refractivity contribution is 7.12. The van der Waals surface area contributed by atoms with Crippen LogP contribution in [0.1, 0.15) is 34.1 Å². The molecule has 1 fully saturated rings. The SMILES string of the molecule is Cc1cc(C2CCCNC2)sc1C. The second kappa shape index (κ2) is 3.81. The Balaban J connectivity index is 2.14. The minimum atomic E-state index is 0.783. The van der Waals surface area contributed by atoms with Crippen LogP contribution in [0.5, 0.6) is 0 Å². The summed E-state index contributed by atoms with van der Waals surface area (Å²) in [5.74, 6) is 0.783. The molecule has 1 aromatic heterocycles. The van der Waals surface area contributed by atoms with Crippen LogP contribution in [0.3, 0.4) is 0 Å². The molecule has 0 radical (unpaired) electrons. The zero-order chi connectivity index (χ0) is 9.26. The van der Waals surface area contributed by atoms with Gasteiger partial charge in [-0.1, -0.05) is 0 Å². The third kappa shape index (κ3) is 1.94. The van der Waals surface area contributed by atoms with Crippen molar-refractivity contribution < 1.29 is 0 Å². The molecule has 1 N–H and O–H groups in total. The predicted octanol–water partition coefficient (Wildman–Crippen LogP) is 2.83. The fourth-order valence-electron chi connectivity index (χ4n) is 1.90. The summed E-state index contributed by atoms with van der Waals surface area (Å²) < 4.78 is 0. The van der Waals surface area contributed by atoms with Crippen molar-refractivity contribution in [3.63, 3.8) is 0 Å². The van der Waals surface area contributed by atoms with Crippen LogP contribution in [0.15, 0.2) is 6.07 Å². The average molecular weight is 195 g/mol. The fraction of sp³-hybridized carbons (Fsp3) is 0.636. The number of hydrogen-bond donors (Lipinski definition) is 1. The van der Waals surface area contributed by atoms with Crippen molar-refractivity contribution in [2.24, 2.45) is 0 Å². The Labute approximate surface area is 84.2 Å². The van der Waals surface area contributed by atoms with Crippen LogP contribution in [-0.4, -0.2) is 13.1 Å². The minimum Gasteiger partial charge on any atom is -0.316 e. The highest BCUT2D eigenvalue weighted by Crippen LogP contribution is 2.31. The molecule has 2 heteroatoms. The van der Waals surface area contributed by atoms with Gasteiger partial charge in [-0.2, -0.15) is 0 Å². The van der Waals surface area contributed by atoms with Crippen LogP contribution in [0.2, 0.25) is 0 Å². The fourth-order valence-corrected chi connectivity index (χ4v) is 3.07. The molecule has 0 aromatic carbocycles. The lowest BCUT2D eigenvalue weighted by Gasteiger charge is -2.21. The molecule has 1 atom stereocenters. The predicted molar refractivity (Wildman–Crippen MR) is 58.6 cm³/mol. The first-order valence-corrected chi connectivity index (χ1v) is 5.86. The van der Waals surface area contributed by atoms with E-state index in [9.17, 15) is 0 Å². The van der Waals surface area contributed by atoms with E-state index in [0.29, 0.717) is 0 Å². The van der Waals surface area contributed by atoms with Crippen molar-refractivity contribution in [3.8, 4) is 0 Å². The van der Waals surface area contributed by atoms with Crippen LogP contribution >= 0.6 is 11.3 Å². The first-order valence-electron chi connectivity index (χ1n) is 5.05. The van der Waals surface area contributed by atoms with Gasteiger partial charge in [0.05, 0.1) is 0 Å². The maximum atomic E-state index is 3.47. The first-order chi connectivity index (χ1) is 6.27. The lowest BCUT2D eigenvalue weighted by Crippen LogP contribution is -2.27. The van der Waals surface area contributed by atoms with Gasteiger partial charge in [-0.25, -0.2) is 0 Å². The summed E-state index contributed by atoms with van der Waals surface area (Å²) >= 11 is 1.98. The van der Waals surface area contributed by atoms with Crippen LogP contribution in [0.25, 0.3) is 0 Å². The minimum absolute atomic E-state index is 0.783. The van der Waals surface area contributed by atoms with E-state index in [1.54, 1.807) is 4.88 Å². The summed E-state index contributed by atoms with van der Waals surface area (Å²) in [6, 6.07) is 2.37. The Morgan fingerprint density at radius 3 is 2.85 bits per heavy atom. The summed E-state index contributed by atoms with van der Waals surface area (Å²) in [5.41, 5.74) is 1.46. The molecule has 0 saturated carbocycles. The van der Waals surface area contributed by atoms with Crippen molar-refractivity contribution in [3.05, 3.63) is 21.4 Å². The monoisotopic (exact) mass is 195 g/mol. The molecule has 0 spiro atoms. The summed E-state index contributed by atoms with van der Waals surface area (Å²) in [5, 5.41) is 3.47. The van der Waals surface area contributed by atoms with E-state index in [-0.39, 0.29) is 0 Å². The molecule has 0 amide bonds. The number of thiophene rings is 1. The van der Waals surface area contributed by atoms with Crippen molar-refractivity contribution >= 4 is 11.3 Å². The molecule has 2 rings (SSSR count). The van der Waals surface area contributed by atoms with Gasteiger partial charge >= 0.3 is 0 Å². The van der Waals surface area contributed by atoms with Crippen molar-refractivity contribution in [1.29, 1.82) is 0 Å². The van der Waals surface area contributed by atoms with E-state index in [2.05, 4.69) is 25.2 Å². The van der Waals surface area contributed by atoms with Gasteiger partial charge in [-0.3, -0.25) is 0 Å². The highest BCUT2D eigenvalue weighted by Gasteiger charge is 2.17. The van der Waals surface area contributed by atoms with Gasteiger partial charge in [-0.15, -0.1) is 11.3 Å². The number of aryl methyl sites for hydroxylation is 2. The lowest BCUT2D eigenvalue weighted by molar-refractivity contribution is 0.466. The van der Waals surface area contributed by atoms with Gasteiger partial charge in [0.15, 0.2) is 0 Å². The average Bonchev–Trinajstić information content (AvgIpc) is 2.49. The zero-order valence-corrected chi connectivity index (χ0v) is 9.21. The zero-order valence-electron chi connectivity index (χ0n) is 8.39.